The Labute approximate surface area is 126 Å². The molecule has 0 aliphatic carbocycles. The highest BCUT2D eigenvalue weighted by molar-refractivity contribution is 9.10. The molecule has 0 amide bonds. The lowest BCUT2D eigenvalue weighted by atomic mass is 10.2. The van der Waals surface area contributed by atoms with E-state index in [0.29, 0.717) is 4.90 Å². The number of nitro benzene ring substituents is 1. The van der Waals surface area contributed by atoms with Crippen LogP contribution >= 0.6 is 27.7 Å². The number of rotatable bonds is 4. The highest BCUT2D eigenvalue weighted by Crippen LogP contribution is 2.32. The van der Waals surface area contributed by atoms with Crippen molar-refractivity contribution >= 4 is 39.3 Å². The van der Waals surface area contributed by atoms with Crippen LogP contribution < -0.4 is 0 Å². The average molecular weight is 354 g/mol. The summed E-state index contributed by atoms with van der Waals surface area (Å²) in [6.45, 7) is 0. The van der Waals surface area contributed by atoms with Crippen LogP contribution in [0.4, 0.5) is 5.69 Å². The van der Waals surface area contributed by atoms with E-state index in [1.165, 1.54) is 30.0 Å². The second-order valence-corrected chi connectivity index (χ2v) is 5.86. The molecule has 102 valence electrons. The molecular formula is C13H8BrNO4S. The molecule has 1 N–H and O–H groups in total. The van der Waals surface area contributed by atoms with Gasteiger partial charge in [0.15, 0.2) is 0 Å². The van der Waals surface area contributed by atoms with Gasteiger partial charge in [0.05, 0.1) is 4.92 Å². The van der Waals surface area contributed by atoms with Gasteiger partial charge in [-0.05, 0) is 30.3 Å². The van der Waals surface area contributed by atoms with Crippen molar-refractivity contribution in [3.8, 4) is 0 Å². The Hall–Kier alpha value is -1.86. The number of hydrogen-bond acceptors (Lipinski definition) is 4. The number of carboxylic acid groups (broad SMARTS) is 1. The molecule has 0 radical (unpaired) electrons. The van der Waals surface area contributed by atoms with Gasteiger partial charge in [0.2, 0.25) is 0 Å². The fraction of sp³-hybridized carbons (Fsp3) is 0. The molecule has 0 unspecified atom stereocenters. The van der Waals surface area contributed by atoms with Crippen LogP contribution in [0, 0.1) is 10.1 Å². The van der Waals surface area contributed by atoms with Crippen LogP contribution in [0.1, 0.15) is 10.4 Å². The first-order valence-corrected chi connectivity index (χ1v) is 7.03. The van der Waals surface area contributed by atoms with Crippen LogP contribution in [0.5, 0.6) is 0 Å². The third-order valence-corrected chi connectivity index (χ3v) is 3.90. The Morgan fingerprint density at radius 3 is 2.50 bits per heavy atom. The molecule has 0 spiro atoms. The Morgan fingerprint density at radius 1 is 1.20 bits per heavy atom. The summed E-state index contributed by atoms with van der Waals surface area (Å²) in [6.07, 6.45) is 0. The first-order chi connectivity index (χ1) is 9.47. The summed E-state index contributed by atoms with van der Waals surface area (Å²) >= 11 is 4.68. The second-order valence-electron chi connectivity index (χ2n) is 3.80. The van der Waals surface area contributed by atoms with Crippen LogP contribution in [0.25, 0.3) is 0 Å². The van der Waals surface area contributed by atoms with Gasteiger partial charge in [0.25, 0.3) is 5.69 Å². The molecule has 0 aromatic heterocycles. The maximum absolute atomic E-state index is 11.1. The molecule has 0 bridgehead atoms. The third kappa shape index (κ3) is 3.37. The Bertz CT molecular complexity index is 690. The van der Waals surface area contributed by atoms with Crippen LogP contribution in [-0.2, 0) is 0 Å². The predicted octanol–water partition coefficient (Wildman–Crippen LogP) is 4.21. The maximum atomic E-state index is 11.1. The summed E-state index contributed by atoms with van der Waals surface area (Å²) in [5, 5.41) is 19.8. The van der Waals surface area contributed by atoms with Crippen LogP contribution in [0.2, 0.25) is 0 Å². The zero-order valence-electron chi connectivity index (χ0n) is 9.95. The van der Waals surface area contributed by atoms with Crippen molar-refractivity contribution in [2.24, 2.45) is 0 Å². The van der Waals surface area contributed by atoms with E-state index in [2.05, 4.69) is 15.9 Å². The third-order valence-electron chi connectivity index (χ3n) is 2.43. The van der Waals surface area contributed by atoms with Crippen molar-refractivity contribution in [3.05, 3.63) is 62.6 Å². The Balaban J connectivity index is 2.36. The second kappa shape index (κ2) is 6.06. The van der Waals surface area contributed by atoms with Gasteiger partial charge in [-0.15, -0.1) is 0 Å². The van der Waals surface area contributed by atoms with E-state index in [4.69, 9.17) is 5.11 Å². The lowest BCUT2D eigenvalue weighted by molar-refractivity contribution is -0.385. The molecule has 0 aliphatic rings. The Kier molecular flexibility index (Phi) is 4.41. The highest BCUT2D eigenvalue weighted by atomic mass is 79.9. The van der Waals surface area contributed by atoms with Gasteiger partial charge in [-0.2, -0.15) is 0 Å². The van der Waals surface area contributed by atoms with Gasteiger partial charge in [-0.25, -0.2) is 4.79 Å². The van der Waals surface area contributed by atoms with Crippen molar-refractivity contribution in [1.29, 1.82) is 0 Å². The van der Waals surface area contributed by atoms with E-state index in [1.807, 2.05) is 24.3 Å². The summed E-state index contributed by atoms with van der Waals surface area (Å²) < 4.78 is 0.905. The number of benzene rings is 2. The van der Waals surface area contributed by atoms with Gasteiger partial charge < -0.3 is 5.11 Å². The van der Waals surface area contributed by atoms with Gasteiger partial charge >= 0.3 is 5.97 Å². The minimum Gasteiger partial charge on any atom is -0.477 e. The molecule has 0 fully saturated rings. The fourth-order valence-corrected chi connectivity index (χ4v) is 3.04. The predicted molar refractivity (Wildman–Crippen MR) is 78.3 cm³/mol. The van der Waals surface area contributed by atoms with Crippen molar-refractivity contribution < 1.29 is 14.8 Å². The van der Waals surface area contributed by atoms with Gasteiger partial charge in [0.1, 0.15) is 5.56 Å². The summed E-state index contributed by atoms with van der Waals surface area (Å²) in [7, 11) is 0. The largest absolute Gasteiger partial charge is 0.477 e. The molecule has 2 aromatic carbocycles. The monoisotopic (exact) mass is 353 g/mol. The van der Waals surface area contributed by atoms with E-state index in [-0.39, 0.29) is 5.56 Å². The minimum absolute atomic E-state index is 0.310. The first kappa shape index (κ1) is 14.5. The molecule has 0 saturated carbocycles. The number of hydrogen-bond donors (Lipinski definition) is 1. The number of carboxylic acids is 1. The lowest BCUT2D eigenvalue weighted by Crippen LogP contribution is -2.02. The van der Waals surface area contributed by atoms with E-state index >= 15 is 0 Å². The summed E-state index contributed by atoms with van der Waals surface area (Å²) in [5.74, 6) is -1.31. The average Bonchev–Trinajstić information content (AvgIpc) is 2.38. The highest BCUT2D eigenvalue weighted by Gasteiger charge is 2.20. The minimum atomic E-state index is -1.31. The topological polar surface area (TPSA) is 80.4 Å². The lowest BCUT2D eigenvalue weighted by Gasteiger charge is -2.04. The molecule has 0 heterocycles. The van der Waals surface area contributed by atoms with Crippen LogP contribution in [-0.4, -0.2) is 16.0 Å². The van der Waals surface area contributed by atoms with E-state index in [1.54, 1.807) is 0 Å². The summed E-state index contributed by atoms with van der Waals surface area (Å²) in [4.78, 5) is 22.7. The molecule has 0 saturated heterocycles. The molecule has 0 aliphatic heterocycles. The zero-order valence-corrected chi connectivity index (χ0v) is 12.3. The van der Waals surface area contributed by atoms with Gasteiger partial charge in [0, 0.05) is 20.3 Å². The molecule has 5 nitrogen and oxygen atoms in total. The molecule has 2 aromatic rings. The van der Waals surface area contributed by atoms with Crippen molar-refractivity contribution in [1.82, 2.24) is 0 Å². The molecular weight excluding hydrogens is 346 g/mol. The number of nitro groups is 1. The number of aromatic carboxylic acids is 1. The fourth-order valence-electron chi connectivity index (χ4n) is 1.58. The molecule has 20 heavy (non-hydrogen) atoms. The van der Waals surface area contributed by atoms with Crippen molar-refractivity contribution in [2.75, 3.05) is 0 Å². The van der Waals surface area contributed by atoms with Crippen molar-refractivity contribution in [3.63, 3.8) is 0 Å². The SMILES string of the molecule is O=C(O)c1cc(Sc2cccc(Br)c2)ccc1[N+](=O)[O-]. The molecule has 7 heteroatoms. The van der Waals surface area contributed by atoms with Gasteiger partial charge in [-0.1, -0.05) is 33.8 Å². The summed E-state index contributed by atoms with van der Waals surface area (Å²) in [5.41, 5.74) is -0.717. The quantitative estimate of drug-likeness (QED) is 0.657. The number of nitrogens with zero attached hydrogens (tertiary/aromatic N) is 1. The van der Waals surface area contributed by atoms with Crippen molar-refractivity contribution in [2.45, 2.75) is 9.79 Å². The molecule has 0 atom stereocenters. The van der Waals surface area contributed by atoms with Gasteiger partial charge in [-0.3, -0.25) is 10.1 Å². The van der Waals surface area contributed by atoms with Crippen LogP contribution in [0.15, 0.2) is 56.7 Å². The zero-order chi connectivity index (χ0) is 14.7. The normalized spacial score (nSPS) is 10.2. The first-order valence-electron chi connectivity index (χ1n) is 5.42. The number of carbonyl (C=O) groups is 1. The van der Waals surface area contributed by atoms with Crippen LogP contribution in [0.3, 0.4) is 0 Å². The summed E-state index contributed by atoms with van der Waals surface area (Å²) in [6, 6.07) is 11.5. The maximum Gasteiger partial charge on any atom is 0.342 e. The Morgan fingerprint density at radius 2 is 1.90 bits per heavy atom. The number of halogens is 1. The molecule has 2 rings (SSSR count). The van der Waals surface area contributed by atoms with E-state index in [0.717, 1.165) is 9.37 Å². The standard InChI is InChI=1S/C13H8BrNO4S/c14-8-2-1-3-9(6-8)20-10-4-5-12(15(18)19)11(7-10)13(16)17/h1-7H,(H,16,17). The van der Waals surface area contributed by atoms with E-state index in [9.17, 15) is 14.9 Å². The van der Waals surface area contributed by atoms with E-state index < -0.39 is 16.6 Å². The smallest absolute Gasteiger partial charge is 0.342 e.